The lowest BCUT2D eigenvalue weighted by Gasteiger charge is -2.30. The van der Waals surface area contributed by atoms with Crippen LogP contribution >= 0.6 is 0 Å². The van der Waals surface area contributed by atoms with Gasteiger partial charge < -0.3 is 14.8 Å². The number of aryl methyl sites for hydroxylation is 1. The van der Waals surface area contributed by atoms with Gasteiger partial charge in [0.15, 0.2) is 0 Å². The zero-order chi connectivity index (χ0) is 20.8. The maximum Gasteiger partial charge on any atom is 0.227 e. The van der Waals surface area contributed by atoms with Crippen molar-refractivity contribution in [2.24, 2.45) is 11.8 Å². The Bertz CT molecular complexity index is 1120. The highest BCUT2D eigenvalue weighted by atomic mass is 16.2. The van der Waals surface area contributed by atoms with Gasteiger partial charge in [0.1, 0.15) is 0 Å². The predicted octanol–water partition coefficient (Wildman–Crippen LogP) is 3.70. The van der Waals surface area contributed by atoms with Crippen LogP contribution in [0.3, 0.4) is 0 Å². The molecule has 3 atom stereocenters. The van der Waals surface area contributed by atoms with E-state index in [1.165, 1.54) is 11.1 Å². The van der Waals surface area contributed by atoms with Gasteiger partial charge in [0.2, 0.25) is 11.8 Å². The zero-order valence-electron chi connectivity index (χ0n) is 17.5. The molecule has 0 spiro atoms. The van der Waals surface area contributed by atoms with Crippen LogP contribution in [-0.2, 0) is 16.0 Å². The van der Waals surface area contributed by atoms with E-state index in [0.29, 0.717) is 24.8 Å². The summed E-state index contributed by atoms with van der Waals surface area (Å²) in [5.74, 6) is 0.925. The first-order valence-electron chi connectivity index (χ1n) is 10.7. The minimum absolute atomic E-state index is 0.0552. The SMILES string of the molecule is CC(=O)N1C[C@H]2CN(C(=O)Cc3c[nH]c4ccccc34)C[C@H]2[C@H]1c1ccccc1C. The molecule has 2 fully saturated rings. The molecule has 0 aliphatic carbocycles. The van der Waals surface area contributed by atoms with Crippen molar-refractivity contribution in [3.8, 4) is 0 Å². The van der Waals surface area contributed by atoms with Crippen LogP contribution in [0.5, 0.6) is 0 Å². The van der Waals surface area contributed by atoms with Gasteiger partial charge in [-0.15, -0.1) is 0 Å². The normalized spacial score (nSPS) is 23.2. The molecule has 5 heteroatoms. The number of carbonyl (C=O) groups excluding carboxylic acids is 2. The van der Waals surface area contributed by atoms with Gasteiger partial charge >= 0.3 is 0 Å². The zero-order valence-corrected chi connectivity index (χ0v) is 17.5. The number of carbonyl (C=O) groups is 2. The fraction of sp³-hybridized carbons (Fsp3) is 0.360. The number of amides is 2. The molecule has 0 saturated carbocycles. The lowest BCUT2D eigenvalue weighted by atomic mass is 9.87. The average Bonchev–Trinajstić information content (AvgIpc) is 3.41. The fourth-order valence-corrected chi connectivity index (χ4v) is 5.44. The number of benzene rings is 2. The number of rotatable bonds is 3. The number of likely N-dealkylation sites (tertiary alicyclic amines) is 2. The summed E-state index contributed by atoms with van der Waals surface area (Å²) in [6, 6.07) is 16.5. The standard InChI is InChI=1S/C25H27N3O2/c1-16-7-3-4-8-20(16)25-22-15-27(13-19(22)14-28(25)17(2)29)24(30)11-18-12-26-23-10-6-5-9-21(18)23/h3-10,12,19,22,25-26H,11,13-15H2,1-2H3/t19-,22-,25-/m1/s1. The third kappa shape index (κ3) is 3.09. The van der Waals surface area contributed by atoms with Crippen molar-refractivity contribution >= 4 is 22.7 Å². The third-order valence-corrected chi connectivity index (χ3v) is 6.95. The first kappa shape index (κ1) is 18.9. The highest BCUT2D eigenvalue weighted by Crippen LogP contribution is 2.45. The molecule has 0 radical (unpaired) electrons. The van der Waals surface area contributed by atoms with Gasteiger partial charge in [0.25, 0.3) is 0 Å². The molecular weight excluding hydrogens is 374 g/mol. The minimum Gasteiger partial charge on any atom is -0.361 e. The smallest absolute Gasteiger partial charge is 0.227 e. The monoisotopic (exact) mass is 401 g/mol. The van der Waals surface area contributed by atoms with E-state index in [-0.39, 0.29) is 17.9 Å². The molecule has 1 aromatic heterocycles. The van der Waals surface area contributed by atoms with Gasteiger partial charge in [-0.05, 0) is 29.7 Å². The molecule has 3 heterocycles. The van der Waals surface area contributed by atoms with Crippen molar-refractivity contribution in [3.63, 3.8) is 0 Å². The van der Waals surface area contributed by atoms with Crippen molar-refractivity contribution in [1.82, 2.24) is 14.8 Å². The average molecular weight is 402 g/mol. The predicted molar refractivity (Wildman–Crippen MR) is 117 cm³/mol. The van der Waals surface area contributed by atoms with Crippen LogP contribution in [0.2, 0.25) is 0 Å². The van der Waals surface area contributed by atoms with Crippen LogP contribution < -0.4 is 0 Å². The second-order valence-corrected chi connectivity index (χ2v) is 8.73. The number of hydrogen-bond acceptors (Lipinski definition) is 2. The molecule has 2 aromatic carbocycles. The van der Waals surface area contributed by atoms with Gasteiger partial charge in [0, 0.05) is 55.5 Å². The van der Waals surface area contributed by atoms with Crippen LogP contribution in [0, 0.1) is 18.8 Å². The molecule has 5 rings (SSSR count). The number of para-hydroxylation sites is 1. The quantitative estimate of drug-likeness (QED) is 0.728. The van der Waals surface area contributed by atoms with E-state index in [1.807, 2.05) is 46.3 Å². The van der Waals surface area contributed by atoms with Crippen molar-refractivity contribution < 1.29 is 9.59 Å². The van der Waals surface area contributed by atoms with Gasteiger partial charge in [-0.1, -0.05) is 42.5 Å². The van der Waals surface area contributed by atoms with Crippen LogP contribution in [0.1, 0.15) is 29.7 Å². The Morgan fingerprint density at radius 2 is 1.80 bits per heavy atom. The number of aromatic nitrogens is 1. The lowest BCUT2D eigenvalue weighted by Crippen LogP contribution is -2.37. The van der Waals surface area contributed by atoms with Crippen molar-refractivity contribution in [2.75, 3.05) is 19.6 Å². The second kappa shape index (κ2) is 7.31. The highest BCUT2D eigenvalue weighted by molar-refractivity contribution is 5.89. The number of aromatic amines is 1. The number of nitrogens with zero attached hydrogens (tertiary/aromatic N) is 2. The Kier molecular flexibility index (Phi) is 4.61. The second-order valence-electron chi connectivity index (χ2n) is 8.73. The molecule has 2 aliphatic rings. The van der Waals surface area contributed by atoms with E-state index in [4.69, 9.17) is 0 Å². The van der Waals surface area contributed by atoms with Crippen LogP contribution in [0.25, 0.3) is 10.9 Å². The Balaban J connectivity index is 1.37. The third-order valence-electron chi connectivity index (χ3n) is 6.95. The Labute approximate surface area is 176 Å². The summed E-state index contributed by atoms with van der Waals surface area (Å²) >= 11 is 0. The fourth-order valence-electron chi connectivity index (χ4n) is 5.44. The summed E-state index contributed by atoms with van der Waals surface area (Å²) < 4.78 is 0. The van der Waals surface area contributed by atoms with Crippen LogP contribution in [0.15, 0.2) is 54.7 Å². The summed E-state index contributed by atoms with van der Waals surface area (Å²) in [5, 5.41) is 1.12. The molecule has 0 unspecified atom stereocenters. The molecule has 2 saturated heterocycles. The number of H-pyrrole nitrogens is 1. The Morgan fingerprint density at radius 1 is 1.03 bits per heavy atom. The van der Waals surface area contributed by atoms with Crippen molar-refractivity contribution in [2.45, 2.75) is 26.3 Å². The summed E-state index contributed by atoms with van der Waals surface area (Å²) in [4.78, 5) is 32.8. The number of nitrogens with one attached hydrogen (secondary N) is 1. The van der Waals surface area contributed by atoms with Gasteiger partial charge in [-0.2, -0.15) is 0 Å². The van der Waals surface area contributed by atoms with Crippen LogP contribution in [0.4, 0.5) is 0 Å². The molecule has 3 aromatic rings. The van der Waals surface area contributed by atoms with E-state index >= 15 is 0 Å². The highest BCUT2D eigenvalue weighted by Gasteiger charge is 2.49. The molecule has 154 valence electrons. The topological polar surface area (TPSA) is 56.4 Å². The molecule has 1 N–H and O–H groups in total. The van der Waals surface area contributed by atoms with Crippen molar-refractivity contribution in [3.05, 3.63) is 71.4 Å². The van der Waals surface area contributed by atoms with E-state index in [0.717, 1.165) is 29.6 Å². The number of hydrogen-bond donors (Lipinski definition) is 1. The van der Waals surface area contributed by atoms with Crippen molar-refractivity contribution in [1.29, 1.82) is 0 Å². The first-order chi connectivity index (χ1) is 14.5. The largest absolute Gasteiger partial charge is 0.361 e. The minimum atomic E-state index is 0.0552. The number of fused-ring (bicyclic) bond motifs is 2. The Hall–Kier alpha value is -3.08. The van der Waals surface area contributed by atoms with Crippen LogP contribution in [-0.4, -0.2) is 46.2 Å². The molecule has 2 amide bonds. The molecule has 0 bridgehead atoms. The maximum absolute atomic E-state index is 13.1. The molecule has 2 aliphatic heterocycles. The van der Waals surface area contributed by atoms with Gasteiger partial charge in [0.05, 0.1) is 12.5 Å². The lowest BCUT2D eigenvalue weighted by molar-refractivity contribution is -0.131. The molecule has 5 nitrogen and oxygen atoms in total. The van der Waals surface area contributed by atoms with Gasteiger partial charge in [-0.25, -0.2) is 0 Å². The van der Waals surface area contributed by atoms with E-state index in [9.17, 15) is 9.59 Å². The molecule has 30 heavy (non-hydrogen) atoms. The maximum atomic E-state index is 13.1. The summed E-state index contributed by atoms with van der Waals surface area (Å²) in [7, 11) is 0. The van der Waals surface area contributed by atoms with E-state index in [2.05, 4.69) is 30.1 Å². The summed E-state index contributed by atoms with van der Waals surface area (Å²) in [6.07, 6.45) is 2.36. The molecular formula is C25H27N3O2. The van der Waals surface area contributed by atoms with E-state index in [1.54, 1.807) is 6.92 Å². The Morgan fingerprint density at radius 3 is 2.60 bits per heavy atom. The summed E-state index contributed by atoms with van der Waals surface area (Å²) in [6.45, 7) is 5.95. The van der Waals surface area contributed by atoms with Gasteiger partial charge in [-0.3, -0.25) is 9.59 Å². The van der Waals surface area contributed by atoms with E-state index < -0.39 is 0 Å². The summed E-state index contributed by atoms with van der Waals surface area (Å²) in [5.41, 5.74) is 4.54. The first-order valence-corrected chi connectivity index (χ1v) is 10.7.